The third-order valence-electron chi connectivity index (χ3n) is 5.30. The number of fused-ring (bicyclic) bond motifs is 4. The number of aromatic nitrogens is 1. The Morgan fingerprint density at radius 3 is 2.64 bits per heavy atom. The lowest BCUT2D eigenvalue weighted by Gasteiger charge is -2.35. The number of para-hydroxylation sites is 1. The fraction of sp³-hybridized carbons (Fsp3) is 0.190. The molecule has 1 aromatic heterocycles. The van der Waals surface area contributed by atoms with Crippen molar-refractivity contribution in [2.45, 2.75) is 18.6 Å². The van der Waals surface area contributed by atoms with Crippen LogP contribution in [-0.2, 0) is 23.4 Å². The normalized spacial score (nSPS) is 21.4. The molecule has 1 amide bonds. The monoisotopic (exact) mass is 329 g/mol. The van der Waals surface area contributed by atoms with Crippen LogP contribution in [0.1, 0.15) is 16.8 Å². The van der Waals surface area contributed by atoms with E-state index in [-0.39, 0.29) is 5.91 Å². The predicted molar refractivity (Wildman–Crippen MR) is 97.3 cm³/mol. The maximum Gasteiger partial charge on any atom is 0.258 e. The van der Waals surface area contributed by atoms with Gasteiger partial charge in [0, 0.05) is 24.8 Å². The summed E-state index contributed by atoms with van der Waals surface area (Å²) in [6, 6.07) is 22.4. The largest absolute Gasteiger partial charge is 0.348 e. The van der Waals surface area contributed by atoms with E-state index in [0.717, 1.165) is 35.6 Å². The number of anilines is 1. The summed E-state index contributed by atoms with van der Waals surface area (Å²) in [6.45, 7) is 2.25. The van der Waals surface area contributed by atoms with E-state index in [1.165, 1.54) is 0 Å². The van der Waals surface area contributed by atoms with Gasteiger partial charge in [-0.3, -0.25) is 10.1 Å². The molecule has 4 nitrogen and oxygen atoms in total. The summed E-state index contributed by atoms with van der Waals surface area (Å²) in [5, 5.41) is 3.55. The third kappa shape index (κ3) is 1.94. The molecule has 124 valence electrons. The zero-order chi connectivity index (χ0) is 16.9. The van der Waals surface area contributed by atoms with Gasteiger partial charge in [0.2, 0.25) is 0 Å². The van der Waals surface area contributed by atoms with Gasteiger partial charge in [-0.25, -0.2) is 0 Å². The molecule has 0 fully saturated rings. The van der Waals surface area contributed by atoms with Gasteiger partial charge in [0.1, 0.15) is 0 Å². The molecule has 1 N–H and O–H groups in total. The highest BCUT2D eigenvalue weighted by molar-refractivity contribution is 6.10. The second-order valence-corrected chi connectivity index (χ2v) is 6.66. The van der Waals surface area contributed by atoms with Crippen molar-refractivity contribution in [1.29, 1.82) is 0 Å². The summed E-state index contributed by atoms with van der Waals surface area (Å²) < 4.78 is 2.19. The van der Waals surface area contributed by atoms with Crippen molar-refractivity contribution in [3.63, 3.8) is 0 Å². The average molecular weight is 329 g/mol. The van der Waals surface area contributed by atoms with Gasteiger partial charge < -0.3 is 9.47 Å². The predicted octanol–water partition coefficient (Wildman–Crippen LogP) is 2.88. The molecule has 2 aliphatic rings. The standard InChI is InChI=1S/C21H19N3O/c25-20-21(19-11-6-13-23(19)14-12-22-21)17-9-4-5-10-18(17)24(20)15-16-7-2-1-3-8-16/h1-11,13,22H,12,14-15H2. The molecule has 0 radical (unpaired) electrons. The maximum atomic E-state index is 13.7. The molecule has 4 heteroatoms. The van der Waals surface area contributed by atoms with Gasteiger partial charge in [-0.05, 0) is 23.8 Å². The van der Waals surface area contributed by atoms with E-state index < -0.39 is 5.54 Å². The molecule has 2 aromatic carbocycles. The van der Waals surface area contributed by atoms with Gasteiger partial charge in [-0.15, -0.1) is 0 Å². The highest BCUT2D eigenvalue weighted by atomic mass is 16.2. The lowest BCUT2D eigenvalue weighted by Crippen LogP contribution is -2.56. The number of rotatable bonds is 2. The van der Waals surface area contributed by atoms with Gasteiger partial charge in [-0.2, -0.15) is 0 Å². The Labute approximate surface area is 146 Å². The van der Waals surface area contributed by atoms with Crippen molar-refractivity contribution < 1.29 is 4.79 Å². The van der Waals surface area contributed by atoms with E-state index in [4.69, 9.17) is 0 Å². The van der Waals surface area contributed by atoms with E-state index in [0.29, 0.717) is 6.54 Å². The zero-order valence-corrected chi connectivity index (χ0v) is 13.9. The van der Waals surface area contributed by atoms with Gasteiger partial charge in [0.15, 0.2) is 5.54 Å². The Balaban J connectivity index is 1.67. The van der Waals surface area contributed by atoms with Crippen molar-refractivity contribution in [3.05, 3.63) is 89.7 Å². The first-order chi connectivity index (χ1) is 12.3. The number of nitrogens with one attached hydrogen (secondary N) is 1. The number of amides is 1. The van der Waals surface area contributed by atoms with Gasteiger partial charge in [-0.1, -0.05) is 48.5 Å². The second kappa shape index (κ2) is 5.33. The topological polar surface area (TPSA) is 37.3 Å². The number of carbonyl (C=O) groups is 1. The molecular weight excluding hydrogens is 310 g/mol. The van der Waals surface area contributed by atoms with Crippen LogP contribution in [0.2, 0.25) is 0 Å². The summed E-state index contributed by atoms with van der Waals surface area (Å²) in [5.41, 5.74) is 3.45. The minimum Gasteiger partial charge on any atom is -0.348 e. The Bertz CT molecular complexity index is 947. The molecule has 1 unspecified atom stereocenters. The molecule has 0 saturated heterocycles. The first kappa shape index (κ1) is 14.5. The fourth-order valence-corrected chi connectivity index (χ4v) is 4.20. The minimum absolute atomic E-state index is 0.109. The molecule has 1 atom stereocenters. The molecule has 0 aliphatic carbocycles. The van der Waals surface area contributed by atoms with Crippen LogP contribution in [0.3, 0.4) is 0 Å². The summed E-state index contributed by atoms with van der Waals surface area (Å²) in [5.74, 6) is 0.109. The fourth-order valence-electron chi connectivity index (χ4n) is 4.20. The molecule has 3 aromatic rings. The van der Waals surface area contributed by atoms with Crippen molar-refractivity contribution in [3.8, 4) is 0 Å². The molecule has 1 spiro atoms. The molecule has 0 saturated carbocycles. The van der Waals surface area contributed by atoms with Crippen molar-refractivity contribution in [1.82, 2.24) is 9.88 Å². The summed E-state index contributed by atoms with van der Waals surface area (Å²) in [4.78, 5) is 15.6. The zero-order valence-electron chi connectivity index (χ0n) is 13.9. The van der Waals surface area contributed by atoms with Crippen LogP contribution in [-0.4, -0.2) is 17.0 Å². The van der Waals surface area contributed by atoms with E-state index >= 15 is 0 Å². The molecule has 2 aliphatic heterocycles. The average Bonchev–Trinajstić information content (AvgIpc) is 3.23. The van der Waals surface area contributed by atoms with E-state index in [9.17, 15) is 4.79 Å². The first-order valence-corrected chi connectivity index (χ1v) is 8.67. The van der Waals surface area contributed by atoms with Crippen LogP contribution in [0.15, 0.2) is 72.9 Å². The Kier molecular flexibility index (Phi) is 3.09. The number of hydrogen-bond donors (Lipinski definition) is 1. The molecule has 5 rings (SSSR count). The lowest BCUT2D eigenvalue weighted by molar-refractivity contribution is -0.123. The number of benzene rings is 2. The lowest BCUT2D eigenvalue weighted by atomic mass is 9.86. The highest BCUT2D eigenvalue weighted by Gasteiger charge is 2.54. The van der Waals surface area contributed by atoms with Crippen LogP contribution >= 0.6 is 0 Å². The van der Waals surface area contributed by atoms with Crippen LogP contribution in [0.5, 0.6) is 0 Å². The van der Waals surface area contributed by atoms with Crippen LogP contribution in [0.4, 0.5) is 5.69 Å². The highest BCUT2D eigenvalue weighted by Crippen LogP contribution is 2.46. The third-order valence-corrected chi connectivity index (χ3v) is 5.30. The maximum absolute atomic E-state index is 13.7. The van der Waals surface area contributed by atoms with Crippen LogP contribution in [0.25, 0.3) is 0 Å². The van der Waals surface area contributed by atoms with E-state index in [1.807, 2.05) is 41.3 Å². The number of carbonyl (C=O) groups excluding carboxylic acids is 1. The molecular formula is C21H19N3O. The quantitative estimate of drug-likeness (QED) is 0.785. The number of nitrogens with zero attached hydrogens (tertiary/aromatic N) is 2. The Morgan fingerprint density at radius 2 is 1.76 bits per heavy atom. The van der Waals surface area contributed by atoms with Crippen molar-refractivity contribution in [2.24, 2.45) is 0 Å². The van der Waals surface area contributed by atoms with E-state index in [2.05, 4.69) is 46.4 Å². The summed E-state index contributed by atoms with van der Waals surface area (Å²) >= 11 is 0. The molecule has 25 heavy (non-hydrogen) atoms. The van der Waals surface area contributed by atoms with Gasteiger partial charge in [0.05, 0.1) is 17.9 Å². The van der Waals surface area contributed by atoms with Crippen molar-refractivity contribution in [2.75, 3.05) is 11.4 Å². The van der Waals surface area contributed by atoms with Crippen LogP contribution in [0, 0.1) is 0 Å². The molecule has 0 bridgehead atoms. The summed E-state index contributed by atoms with van der Waals surface area (Å²) in [7, 11) is 0. The first-order valence-electron chi connectivity index (χ1n) is 8.67. The number of hydrogen-bond acceptors (Lipinski definition) is 2. The van der Waals surface area contributed by atoms with Crippen molar-refractivity contribution >= 4 is 11.6 Å². The minimum atomic E-state index is -0.771. The Hall–Kier alpha value is -2.85. The molecule has 3 heterocycles. The second-order valence-electron chi connectivity index (χ2n) is 6.66. The van der Waals surface area contributed by atoms with Gasteiger partial charge in [0.25, 0.3) is 5.91 Å². The Morgan fingerprint density at radius 1 is 0.960 bits per heavy atom. The smallest absolute Gasteiger partial charge is 0.258 e. The van der Waals surface area contributed by atoms with E-state index in [1.54, 1.807) is 0 Å². The van der Waals surface area contributed by atoms with Gasteiger partial charge >= 0.3 is 0 Å². The summed E-state index contributed by atoms with van der Waals surface area (Å²) in [6.07, 6.45) is 2.06. The SMILES string of the molecule is O=C1N(Cc2ccccc2)c2ccccc2C12NCCn1cccc12. The van der Waals surface area contributed by atoms with Crippen LogP contribution < -0.4 is 10.2 Å².